The topological polar surface area (TPSA) is 32.5 Å². The van der Waals surface area contributed by atoms with Crippen molar-refractivity contribution in [3.05, 3.63) is 0 Å². The Balaban J connectivity index is 1.79. The minimum atomic E-state index is 0.378. The first kappa shape index (κ1) is 10.4. The van der Waals surface area contributed by atoms with Gasteiger partial charge in [0.25, 0.3) is 0 Å². The highest BCUT2D eigenvalue weighted by atomic mass is 15.3. The first-order valence-electron chi connectivity index (χ1n) is 6.01. The van der Waals surface area contributed by atoms with Crippen molar-refractivity contribution in [2.45, 2.75) is 38.3 Å². The molecular weight excluding hydrogens is 174 g/mol. The van der Waals surface area contributed by atoms with Gasteiger partial charge in [0.1, 0.15) is 0 Å². The van der Waals surface area contributed by atoms with Gasteiger partial charge in [0, 0.05) is 38.3 Å². The summed E-state index contributed by atoms with van der Waals surface area (Å²) in [7, 11) is 0. The van der Waals surface area contributed by atoms with Gasteiger partial charge >= 0.3 is 0 Å². The first-order chi connectivity index (χ1) is 6.79. The summed E-state index contributed by atoms with van der Waals surface area (Å²) >= 11 is 0. The second kappa shape index (κ2) is 4.60. The van der Waals surface area contributed by atoms with Crippen LogP contribution in [0.25, 0.3) is 0 Å². The molecule has 0 spiro atoms. The third kappa shape index (κ3) is 2.27. The van der Waals surface area contributed by atoms with E-state index in [-0.39, 0.29) is 0 Å². The molecule has 2 saturated heterocycles. The number of hydrogen-bond donors (Lipinski definition) is 1. The van der Waals surface area contributed by atoms with Gasteiger partial charge in [0.15, 0.2) is 0 Å². The molecule has 2 N–H and O–H groups in total. The van der Waals surface area contributed by atoms with Crippen LogP contribution in [0.4, 0.5) is 0 Å². The normalized spacial score (nSPS) is 31.7. The maximum atomic E-state index is 5.99. The second-order valence-corrected chi connectivity index (χ2v) is 4.76. The van der Waals surface area contributed by atoms with Gasteiger partial charge in [-0.3, -0.25) is 9.80 Å². The highest BCUT2D eigenvalue weighted by Gasteiger charge is 2.30. The van der Waals surface area contributed by atoms with Crippen molar-refractivity contribution in [3.8, 4) is 0 Å². The molecule has 2 heterocycles. The Labute approximate surface area is 87.2 Å². The van der Waals surface area contributed by atoms with Crippen LogP contribution < -0.4 is 5.73 Å². The summed E-state index contributed by atoms with van der Waals surface area (Å²) in [5.74, 6) is 0. The molecule has 1 unspecified atom stereocenters. The molecule has 0 radical (unpaired) electrons. The van der Waals surface area contributed by atoms with Crippen molar-refractivity contribution < 1.29 is 0 Å². The Morgan fingerprint density at radius 2 is 2.21 bits per heavy atom. The number of piperazine rings is 1. The zero-order chi connectivity index (χ0) is 9.97. The average molecular weight is 197 g/mol. The SMILES string of the molecule is CC[C@@H](N)CN1CCN2CCCC2C1. The van der Waals surface area contributed by atoms with Crippen LogP contribution in [0.1, 0.15) is 26.2 Å². The molecule has 0 aromatic rings. The number of nitrogens with two attached hydrogens (primary N) is 1. The number of nitrogens with zero attached hydrogens (tertiary/aromatic N) is 2. The summed E-state index contributed by atoms with van der Waals surface area (Å²) in [6.45, 7) is 8.36. The van der Waals surface area contributed by atoms with Crippen LogP contribution in [0.2, 0.25) is 0 Å². The third-order valence-corrected chi connectivity index (χ3v) is 3.69. The molecule has 2 fully saturated rings. The highest BCUT2D eigenvalue weighted by molar-refractivity contribution is 4.87. The Bertz CT molecular complexity index is 183. The molecule has 3 nitrogen and oxygen atoms in total. The molecule has 2 atom stereocenters. The van der Waals surface area contributed by atoms with E-state index in [4.69, 9.17) is 5.73 Å². The van der Waals surface area contributed by atoms with Gasteiger partial charge in [-0.2, -0.15) is 0 Å². The van der Waals surface area contributed by atoms with Gasteiger partial charge in [-0.1, -0.05) is 6.92 Å². The van der Waals surface area contributed by atoms with Crippen LogP contribution in [0.15, 0.2) is 0 Å². The second-order valence-electron chi connectivity index (χ2n) is 4.76. The molecule has 82 valence electrons. The van der Waals surface area contributed by atoms with Crippen LogP contribution in [-0.4, -0.2) is 54.6 Å². The van der Waals surface area contributed by atoms with E-state index >= 15 is 0 Å². The van der Waals surface area contributed by atoms with Crippen LogP contribution >= 0.6 is 0 Å². The fourth-order valence-corrected chi connectivity index (χ4v) is 2.68. The molecule has 0 bridgehead atoms. The predicted octanol–water partition coefficient (Wildman–Crippen LogP) is 0.504. The predicted molar refractivity (Wildman–Crippen MR) is 59.3 cm³/mol. The molecule has 0 saturated carbocycles. The summed E-state index contributed by atoms with van der Waals surface area (Å²) < 4.78 is 0. The number of hydrogen-bond acceptors (Lipinski definition) is 3. The quantitative estimate of drug-likeness (QED) is 0.715. The van der Waals surface area contributed by atoms with Gasteiger partial charge in [-0.05, 0) is 25.8 Å². The average Bonchev–Trinajstić information content (AvgIpc) is 2.64. The molecular formula is C11H23N3. The van der Waals surface area contributed by atoms with Crippen LogP contribution in [-0.2, 0) is 0 Å². The molecule has 2 aliphatic rings. The Morgan fingerprint density at radius 1 is 1.36 bits per heavy atom. The van der Waals surface area contributed by atoms with E-state index in [1.807, 2.05) is 0 Å². The van der Waals surface area contributed by atoms with E-state index in [0.29, 0.717) is 6.04 Å². The van der Waals surface area contributed by atoms with Crippen LogP contribution in [0.5, 0.6) is 0 Å². The monoisotopic (exact) mass is 197 g/mol. The Morgan fingerprint density at radius 3 is 3.00 bits per heavy atom. The maximum absolute atomic E-state index is 5.99. The highest BCUT2D eigenvalue weighted by Crippen LogP contribution is 2.21. The standard InChI is InChI=1S/C11H23N3/c1-2-10(12)8-13-6-7-14-5-3-4-11(14)9-13/h10-11H,2-9,12H2,1H3/t10-,11?/m1/s1. The Hall–Kier alpha value is -0.120. The van der Waals surface area contributed by atoms with E-state index in [2.05, 4.69) is 16.7 Å². The smallest absolute Gasteiger partial charge is 0.0224 e. The van der Waals surface area contributed by atoms with E-state index in [1.165, 1.54) is 39.0 Å². The maximum Gasteiger partial charge on any atom is 0.0224 e. The summed E-state index contributed by atoms with van der Waals surface area (Å²) in [4.78, 5) is 5.20. The lowest BCUT2D eigenvalue weighted by Gasteiger charge is -2.38. The van der Waals surface area contributed by atoms with E-state index in [0.717, 1.165) is 19.0 Å². The lowest BCUT2D eigenvalue weighted by molar-refractivity contribution is 0.0995. The molecule has 2 rings (SSSR count). The summed E-state index contributed by atoms with van der Waals surface area (Å²) in [5.41, 5.74) is 5.99. The zero-order valence-corrected chi connectivity index (χ0v) is 9.28. The van der Waals surface area contributed by atoms with Gasteiger partial charge in [0.2, 0.25) is 0 Å². The lowest BCUT2D eigenvalue weighted by atomic mass is 10.1. The van der Waals surface area contributed by atoms with E-state index in [9.17, 15) is 0 Å². The van der Waals surface area contributed by atoms with E-state index < -0.39 is 0 Å². The summed E-state index contributed by atoms with van der Waals surface area (Å²) in [6, 6.07) is 1.22. The molecule has 0 amide bonds. The molecule has 14 heavy (non-hydrogen) atoms. The van der Waals surface area contributed by atoms with Crippen LogP contribution in [0.3, 0.4) is 0 Å². The largest absolute Gasteiger partial charge is 0.327 e. The van der Waals surface area contributed by atoms with Gasteiger partial charge < -0.3 is 5.73 Å². The zero-order valence-electron chi connectivity index (χ0n) is 9.28. The fraction of sp³-hybridized carbons (Fsp3) is 1.00. The van der Waals surface area contributed by atoms with E-state index in [1.54, 1.807) is 0 Å². The minimum absolute atomic E-state index is 0.378. The lowest BCUT2D eigenvalue weighted by Crippen LogP contribution is -2.52. The van der Waals surface area contributed by atoms with Gasteiger partial charge in [-0.25, -0.2) is 0 Å². The molecule has 3 heteroatoms. The molecule has 0 aromatic carbocycles. The van der Waals surface area contributed by atoms with Crippen molar-refractivity contribution in [2.75, 3.05) is 32.7 Å². The Kier molecular flexibility index (Phi) is 3.42. The summed E-state index contributed by atoms with van der Waals surface area (Å²) in [6.07, 6.45) is 3.90. The summed E-state index contributed by atoms with van der Waals surface area (Å²) in [5, 5.41) is 0. The van der Waals surface area contributed by atoms with Gasteiger partial charge in [0.05, 0.1) is 0 Å². The van der Waals surface area contributed by atoms with Crippen molar-refractivity contribution in [2.24, 2.45) is 5.73 Å². The number of rotatable bonds is 3. The molecule has 0 aromatic heterocycles. The van der Waals surface area contributed by atoms with Gasteiger partial charge in [-0.15, -0.1) is 0 Å². The minimum Gasteiger partial charge on any atom is -0.327 e. The fourth-order valence-electron chi connectivity index (χ4n) is 2.68. The number of fused-ring (bicyclic) bond motifs is 1. The molecule has 0 aliphatic carbocycles. The first-order valence-corrected chi connectivity index (χ1v) is 6.01. The van der Waals surface area contributed by atoms with Crippen molar-refractivity contribution >= 4 is 0 Å². The molecule has 2 aliphatic heterocycles. The van der Waals surface area contributed by atoms with Crippen molar-refractivity contribution in [3.63, 3.8) is 0 Å². The van der Waals surface area contributed by atoms with Crippen molar-refractivity contribution in [1.29, 1.82) is 0 Å². The van der Waals surface area contributed by atoms with Crippen LogP contribution in [0, 0.1) is 0 Å². The third-order valence-electron chi connectivity index (χ3n) is 3.69. The van der Waals surface area contributed by atoms with Crippen molar-refractivity contribution in [1.82, 2.24) is 9.80 Å².